The van der Waals surface area contributed by atoms with E-state index in [2.05, 4.69) is 4.99 Å². The highest BCUT2D eigenvalue weighted by Crippen LogP contribution is 2.11. The van der Waals surface area contributed by atoms with Crippen molar-refractivity contribution in [2.75, 3.05) is 13.2 Å². The number of hydrogen-bond acceptors (Lipinski definition) is 3. The number of alkyl halides is 1. The number of carboxylic acid groups (broad SMARTS) is 1. The van der Waals surface area contributed by atoms with Crippen LogP contribution in [0.5, 0.6) is 0 Å². The highest BCUT2D eigenvalue weighted by molar-refractivity contribution is 5.85. The summed E-state index contributed by atoms with van der Waals surface area (Å²) in [6.45, 7) is 2.63. The fraction of sp³-hybridized carbons (Fsp3) is 0.636. The summed E-state index contributed by atoms with van der Waals surface area (Å²) in [6, 6.07) is 0. The maximum absolute atomic E-state index is 12.6. The van der Waals surface area contributed by atoms with Crippen molar-refractivity contribution in [3.05, 3.63) is 11.6 Å². The molecular weight excluding hydrogens is 296 g/mol. The molecule has 19 heavy (non-hydrogen) atoms. The Morgan fingerprint density at radius 2 is 2.00 bits per heavy atom. The summed E-state index contributed by atoms with van der Waals surface area (Å²) in [6.07, 6.45) is 2.27. The molecule has 0 saturated heterocycles. The van der Waals surface area contributed by atoms with Crippen LogP contribution in [0.4, 0.5) is 4.39 Å². The number of carbonyl (C=O) groups is 1. The van der Waals surface area contributed by atoms with E-state index < -0.39 is 18.2 Å². The minimum Gasteiger partial charge on any atom is -0.480 e. The Morgan fingerprint density at radius 1 is 1.47 bits per heavy atom. The van der Waals surface area contributed by atoms with Crippen LogP contribution in [0.2, 0.25) is 0 Å². The average Bonchev–Trinajstić information content (AvgIpc) is 2.22. The largest absolute Gasteiger partial charge is 0.480 e. The Balaban J connectivity index is -0.00000128. The molecule has 1 atom stereocenters. The second kappa shape index (κ2) is 11.0. The molecule has 0 aromatic heterocycles. The average molecular weight is 318 g/mol. The number of halogens is 3. The van der Waals surface area contributed by atoms with E-state index in [1.165, 1.54) is 6.92 Å². The SMILES string of the molecule is CC(N)=NC/C(=C\CC[C@](C)(N)C(=O)O)CF.Cl.Cl. The van der Waals surface area contributed by atoms with Crippen molar-refractivity contribution in [2.45, 2.75) is 32.2 Å². The summed E-state index contributed by atoms with van der Waals surface area (Å²) in [5.74, 6) is -0.679. The highest BCUT2D eigenvalue weighted by atomic mass is 35.5. The lowest BCUT2D eigenvalue weighted by atomic mass is 9.97. The zero-order valence-electron chi connectivity index (χ0n) is 11.1. The lowest BCUT2D eigenvalue weighted by Crippen LogP contribution is -2.44. The third-order valence-electron chi connectivity index (χ3n) is 2.29. The number of nitrogens with zero attached hydrogens (tertiary/aromatic N) is 1. The molecule has 0 fully saturated rings. The normalized spacial score (nSPS) is 14.9. The van der Waals surface area contributed by atoms with Crippen LogP contribution in [0.1, 0.15) is 26.7 Å². The lowest BCUT2D eigenvalue weighted by molar-refractivity contribution is -0.142. The van der Waals surface area contributed by atoms with Gasteiger partial charge in [-0.2, -0.15) is 0 Å². The van der Waals surface area contributed by atoms with E-state index in [0.29, 0.717) is 17.8 Å². The van der Waals surface area contributed by atoms with E-state index >= 15 is 0 Å². The molecule has 0 aliphatic heterocycles. The summed E-state index contributed by atoms with van der Waals surface area (Å²) in [5, 5.41) is 8.78. The van der Waals surface area contributed by atoms with Gasteiger partial charge < -0.3 is 16.6 Å². The molecule has 0 spiro atoms. The predicted molar refractivity (Wildman–Crippen MR) is 80.2 cm³/mol. The molecule has 0 rings (SSSR count). The summed E-state index contributed by atoms with van der Waals surface area (Å²) < 4.78 is 12.6. The van der Waals surface area contributed by atoms with Crippen LogP contribution in [-0.2, 0) is 4.79 Å². The van der Waals surface area contributed by atoms with Crippen LogP contribution >= 0.6 is 24.8 Å². The molecule has 0 aromatic rings. The molecule has 0 aliphatic carbocycles. The van der Waals surface area contributed by atoms with E-state index in [9.17, 15) is 9.18 Å². The standard InChI is InChI=1S/C11H20FN3O2.2ClH/c1-8(13)15-7-9(6-12)4-3-5-11(2,14)10(16)17;;/h4H,3,5-7,14H2,1-2H3,(H2,13,15)(H,16,17);2*1H/b9-4-;;/t11-;;/m0../s1. The number of rotatable bonds is 7. The van der Waals surface area contributed by atoms with Gasteiger partial charge in [-0.1, -0.05) is 6.08 Å². The van der Waals surface area contributed by atoms with Crippen molar-refractivity contribution in [3.63, 3.8) is 0 Å². The molecule has 0 bridgehead atoms. The van der Waals surface area contributed by atoms with Crippen LogP contribution in [0.3, 0.4) is 0 Å². The number of aliphatic carboxylic acids is 1. The predicted octanol–water partition coefficient (Wildman–Crippen LogP) is 1.69. The smallest absolute Gasteiger partial charge is 0.323 e. The van der Waals surface area contributed by atoms with Crippen LogP contribution in [0.25, 0.3) is 0 Å². The fourth-order valence-corrected chi connectivity index (χ4v) is 1.07. The molecule has 114 valence electrons. The molecule has 5 N–H and O–H groups in total. The second-order valence-corrected chi connectivity index (χ2v) is 4.21. The van der Waals surface area contributed by atoms with Crippen LogP contribution in [0, 0.1) is 0 Å². The molecular formula is C11H22Cl2FN3O2. The minimum absolute atomic E-state index is 0. The van der Waals surface area contributed by atoms with Gasteiger partial charge in [0.2, 0.25) is 0 Å². The number of allylic oxidation sites excluding steroid dienone is 1. The van der Waals surface area contributed by atoms with E-state index in [-0.39, 0.29) is 37.8 Å². The van der Waals surface area contributed by atoms with Crippen LogP contribution in [-0.4, -0.2) is 35.7 Å². The molecule has 0 aliphatic rings. The van der Waals surface area contributed by atoms with Gasteiger partial charge in [0.25, 0.3) is 0 Å². The number of hydrogen-bond donors (Lipinski definition) is 3. The summed E-state index contributed by atoms with van der Waals surface area (Å²) in [7, 11) is 0. The Bertz CT molecular complexity index is 330. The van der Waals surface area contributed by atoms with Gasteiger partial charge >= 0.3 is 5.97 Å². The minimum atomic E-state index is -1.29. The first kappa shape index (κ1) is 23.3. The molecule has 8 heteroatoms. The van der Waals surface area contributed by atoms with Gasteiger partial charge in [0.05, 0.1) is 12.4 Å². The van der Waals surface area contributed by atoms with Crippen molar-refractivity contribution < 1.29 is 14.3 Å². The topological polar surface area (TPSA) is 102 Å². The molecule has 0 saturated carbocycles. The maximum atomic E-state index is 12.6. The number of carboxylic acids is 1. The Kier molecular flexibility index (Phi) is 13.5. The molecule has 0 unspecified atom stereocenters. The summed E-state index contributed by atoms with van der Waals surface area (Å²) in [5.41, 5.74) is 10.1. The quantitative estimate of drug-likeness (QED) is 0.377. The number of amidine groups is 1. The number of aliphatic imine (C=N–C) groups is 1. The number of nitrogens with two attached hydrogens (primary N) is 2. The highest BCUT2D eigenvalue weighted by Gasteiger charge is 2.26. The van der Waals surface area contributed by atoms with Crippen molar-refractivity contribution >= 4 is 36.6 Å². The van der Waals surface area contributed by atoms with Crippen molar-refractivity contribution in [2.24, 2.45) is 16.5 Å². The third-order valence-corrected chi connectivity index (χ3v) is 2.29. The van der Waals surface area contributed by atoms with Gasteiger partial charge in [0.15, 0.2) is 0 Å². The fourth-order valence-electron chi connectivity index (χ4n) is 1.07. The van der Waals surface area contributed by atoms with Gasteiger partial charge in [-0.25, -0.2) is 4.39 Å². The lowest BCUT2D eigenvalue weighted by Gasteiger charge is -2.17. The van der Waals surface area contributed by atoms with E-state index in [1.807, 2.05) is 0 Å². The van der Waals surface area contributed by atoms with Crippen LogP contribution in [0.15, 0.2) is 16.6 Å². The second-order valence-electron chi connectivity index (χ2n) is 4.21. The molecule has 0 radical (unpaired) electrons. The zero-order valence-corrected chi connectivity index (χ0v) is 12.7. The Labute approximate surface area is 125 Å². The Hall–Kier alpha value is -0.850. The van der Waals surface area contributed by atoms with Gasteiger partial charge in [-0.3, -0.25) is 9.79 Å². The van der Waals surface area contributed by atoms with E-state index in [1.54, 1.807) is 13.0 Å². The first-order valence-corrected chi connectivity index (χ1v) is 5.32. The zero-order chi connectivity index (χ0) is 13.5. The van der Waals surface area contributed by atoms with E-state index in [0.717, 1.165) is 0 Å². The molecule has 5 nitrogen and oxygen atoms in total. The van der Waals surface area contributed by atoms with Crippen LogP contribution < -0.4 is 11.5 Å². The first-order valence-electron chi connectivity index (χ1n) is 5.32. The third kappa shape index (κ3) is 10.7. The van der Waals surface area contributed by atoms with Crippen molar-refractivity contribution in [1.29, 1.82) is 0 Å². The molecule has 0 heterocycles. The van der Waals surface area contributed by atoms with Gasteiger partial charge in [0.1, 0.15) is 12.2 Å². The van der Waals surface area contributed by atoms with Gasteiger partial charge in [-0.15, -0.1) is 24.8 Å². The summed E-state index contributed by atoms with van der Waals surface area (Å²) in [4.78, 5) is 14.6. The Morgan fingerprint density at radius 3 is 2.37 bits per heavy atom. The maximum Gasteiger partial charge on any atom is 0.323 e. The van der Waals surface area contributed by atoms with Gasteiger partial charge in [0, 0.05) is 0 Å². The first-order chi connectivity index (χ1) is 7.79. The van der Waals surface area contributed by atoms with Crippen molar-refractivity contribution in [3.8, 4) is 0 Å². The van der Waals surface area contributed by atoms with E-state index in [4.69, 9.17) is 16.6 Å². The van der Waals surface area contributed by atoms with Gasteiger partial charge in [-0.05, 0) is 32.3 Å². The molecule has 0 aromatic carbocycles. The van der Waals surface area contributed by atoms with Crippen molar-refractivity contribution in [1.82, 2.24) is 0 Å². The monoisotopic (exact) mass is 317 g/mol. The summed E-state index contributed by atoms with van der Waals surface area (Å²) >= 11 is 0. The molecule has 0 amide bonds.